The Morgan fingerprint density at radius 2 is 2.11 bits per heavy atom. The fourth-order valence-corrected chi connectivity index (χ4v) is 4.38. The van der Waals surface area contributed by atoms with Crippen molar-refractivity contribution < 1.29 is 9.59 Å². The van der Waals surface area contributed by atoms with Crippen LogP contribution in [-0.4, -0.2) is 27.9 Å². The van der Waals surface area contributed by atoms with Gasteiger partial charge in [0.2, 0.25) is 11.8 Å². The first kappa shape index (κ1) is 18.4. The third-order valence-corrected chi connectivity index (χ3v) is 6.06. The van der Waals surface area contributed by atoms with Crippen LogP contribution in [0.3, 0.4) is 0 Å². The molecular formula is C20H20N4O3S. The molecule has 0 bridgehead atoms. The van der Waals surface area contributed by atoms with E-state index in [1.165, 1.54) is 22.2 Å². The number of fused-ring (bicyclic) bond motifs is 2. The number of aryl methyl sites for hydroxylation is 1. The van der Waals surface area contributed by atoms with E-state index in [-0.39, 0.29) is 23.9 Å². The van der Waals surface area contributed by atoms with Crippen LogP contribution in [0, 0.1) is 0 Å². The number of hydrogen-bond acceptors (Lipinski definition) is 5. The van der Waals surface area contributed by atoms with Crippen molar-refractivity contribution in [1.82, 2.24) is 9.55 Å². The standard InChI is InChI=1S/C20H20N4O3S/c1-3-15-9-16-19(28-15)21-11-23(20(16)27)10-18(26)22-14-4-5-17-13(8-14)6-7-24(17)12(2)25/h4-5,8-9,11H,3,6-7,10H2,1-2H3,(H,22,26). The minimum atomic E-state index is -0.296. The first-order valence-corrected chi connectivity index (χ1v) is 9.96. The molecule has 1 aromatic carbocycles. The number of carbonyl (C=O) groups is 2. The third kappa shape index (κ3) is 3.31. The van der Waals surface area contributed by atoms with Crippen LogP contribution in [-0.2, 0) is 29.0 Å². The first-order valence-electron chi connectivity index (χ1n) is 9.15. The molecule has 0 unspecified atom stereocenters. The molecule has 0 fully saturated rings. The lowest BCUT2D eigenvalue weighted by atomic mass is 10.1. The number of carbonyl (C=O) groups excluding carboxylic acids is 2. The number of rotatable bonds is 4. The Morgan fingerprint density at radius 1 is 1.29 bits per heavy atom. The van der Waals surface area contributed by atoms with Gasteiger partial charge in [-0.05, 0) is 42.7 Å². The molecule has 28 heavy (non-hydrogen) atoms. The summed E-state index contributed by atoms with van der Waals surface area (Å²) in [4.78, 5) is 44.5. The Kier molecular flexibility index (Phi) is 4.72. The van der Waals surface area contributed by atoms with Crippen LogP contribution in [0.2, 0.25) is 0 Å². The smallest absolute Gasteiger partial charge is 0.262 e. The van der Waals surface area contributed by atoms with Crippen LogP contribution in [0.5, 0.6) is 0 Å². The second-order valence-corrected chi connectivity index (χ2v) is 7.89. The molecule has 7 nitrogen and oxygen atoms in total. The van der Waals surface area contributed by atoms with E-state index in [9.17, 15) is 14.4 Å². The quantitative estimate of drug-likeness (QED) is 0.735. The highest BCUT2D eigenvalue weighted by molar-refractivity contribution is 7.18. The summed E-state index contributed by atoms with van der Waals surface area (Å²) in [5.74, 6) is -0.284. The van der Waals surface area contributed by atoms with Gasteiger partial charge in [-0.1, -0.05) is 6.92 Å². The van der Waals surface area contributed by atoms with Gasteiger partial charge < -0.3 is 10.2 Å². The van der Waals surface area contributed by atoms with Gasteiger partial charge in [0.05, 0.1) is 11.7 Å². The minimum Gasteiger partial charge on any atom is -0.325 e. The van der Waals surface area contributed by atoms with E-state index >= 15 is 0 Å². The van der Waals surface area contributed by atoms with Crippen molar-refractivity contribution in [3.63, 3.8) is 0 Å². The minimum absolute atomic E-state index is 0.0115. The molecule has 4 rings (SSSR count). The highest BCUT2D eigenvalue weighted by atomic mass is 32.1. The lowest BCUT2D eigenvalue weighted by molar-refractivity contribution is -0.117. The molecule has 3 aromatic rings. The molecule has 0 spiro atoms. The second kappa shape index (κ2) is 7.20. The maximum absolute atomic E-state index is 12.6. The zero-order chi connectivity index (χ0) is 19.8. The molecule has 3 heterocycles. The molecule has 0 aliphatic carbocycles. The lowest BCUT2D eigenvalue weighted by Crippen LogP contribution is -2.27. The van der Waals surface area contributed by atoms with Gasteiger partial charge in [0.25, 0.3) is 5.56 Å². The Morgan fingerprint density at radius 3 is 2.86 bits per heavy atom. The Balaban J connectivity index is 1.51. The van der Waals surface area contributed by atoms with Gasteiger partial charge in [0, 0.05) is 29.7 Å². The van der Waals surface area contributed by atoms with Crippen LogP contribution in [0.15, 0.2) is 35.4 Å². The van der Waals surface area contributed by atoms with E-state index in [0.717, 1.165) is 29.0 Å². The van der Waals surface area contributed by atoms with Crippen molar-refractivity contribution in [3.8, 4) is 0 Å². The van der Waals surface area contributed by atoms with Crippen molar-refractivity contribution in [2.45, 2.75) is 33.2 Å². The van der Waals surface area contributed by atoms with Crippen LogP contribution >= 0.6 is 11.3 Å². The maximum Gasteiger partial charge on any atom is 0.262 e. The van der Waals surface area contributed by atoms with E-state index in [0.29, 0.717) is 22.4 Å². The fourth-order valence-electron chi connectivity index (χ4n) is 3.46. The number of benzene rings is 1. The number of amides is 2. The summed E-state index contributed by atoms with van der Waals surface area (Å²) in [6.07, 6.45) is 3.03. The van der Waals surface area contributed by atoms with E-state index in [1.54, 1.807) is 17.9 Å². The molecule has 1 aliphatic heterocycles. The zero-order valence-corrected chi connectivity index (χ0v) is 16.5. The molecule has 8 heteroatoms. The zero-order valence-electron chi connectivity index (χ0n) is 15.7. The monoisotopic (exact) mass is 396 g/mol. The fraction of sp³-hybridized carbons (Fsp3) is 0.300. The highest BCUT2D eigenvalue weighted by Gasteiger charge is 2.22. The van der Waals surface area contributed by atoms with Crippen LogP contribution in [0.1, 0.15) is 24.3 Å². The Hall–Kier alpha value is -3.00. The summed E-state index contributed by atoms with van der Waals surface area (Å²) in [6.45, 7) is 4.13. The van der Waals surface area contributed by atoms with Gasteiger partial charge in [-0.15, -0.1) is 11.3 Å². The predicted octanol–water partition coefficient (Wildman–Crippen LogP) is 2.57. The topological polar surface area (TPSA) is 84.3 Å². The summed E-state index contributed by atoms with van der Waals surface area (Å²) in [5, 5.41) is 3.38. The normalized spacial score (nSPS) is 13.0. The van der Waals surface area contributed by atoms with E-state index in [2.05, 4.69) is 10.3 Å². The van der Waals surface area contributed by atoms with Crippen molar-refractivity contribution >= 4 is 44.7 Å². The first-order chi connectivity index (χ1) is 13.5. The number of nitrogens with one attached hydrogen (secondary N) is 1. The van der Waals surface area contributed by atoms with Gasteiger partial charge in [-0.3, -0.25) is 19.0 Å². The van der Waals surface area contributed by atoms with Crippen molar-refractivity contribution in [2.24, 2.45) is 0 Å². The van der Waals surface area contributed by atoms with Crippen molar-refractivity contribution in [3.05, 3.63) is 51.4 Å². The van der Waals surface area contributed by atoms with E-state index < -0.39 is 0 Å². The summed E-state index contributed by atoms with van der Waals surface area (Å²) < 4.78 is 1.33. The third-order valence-electron chi connectivity index (χ3n) is 4.87. The van der Waals surface area contributed by atoms with Gasteiger partial charge >= 0.3 is 0 Å². The van der Waals surface area contributed by atoms with Gasteiger partial charge in [-0.25, -0.2) is 4.98 Å². The maximum atomic E-state index is 12.6. The summed E-state index contributed by atoms with van der Waals surface area (Å²) in [5.41, 5.74) is 2.36. The van der Waals surface area contributed by atoms with Crippen LogP contribution in [0.25, 0.3) is 10.2 Å². The number of aromatic nitrogens is 2. The molecule has 0 atom stereocenters. The van der Waals surface area contributed by atoms with Crippen LogP contribution in [0.4, 0.5) is 11.4 Å². The highest BCUT2D eigenvalue weighted by Crippen LogP contribution is 2.30. The molecule has 0 radical (unpaired) electrons. The van der Waals surface area contributed by atoms with E-state index in [1.807, 2.05) is 25.1 Å². The van der Waals surface area contributed by atoms with Gasteiger partial charge in [0.1, 0.15) is 11.4 Å². The predicted molar refractivity (Wildman–Crippen MR) is 110 cm³/mol. The molecule has 144 valence electrons. The Labute approximate surface area is 165 Å². The van der Waals surface area contributed by atoms with E-state index in [4.69, 9.17) is 0 Å². The molecule has 2 aromatic heterocycles. The number of hydrogen-bond donors (Lipinski definition) is 1. The summed E-state index contributed by atoms with van der Waals surface area (Å²) in [6, 6.07) is 7.35. The molecule has 0 saturated carbocycles. The second-order valence-electron chi connectivity index (χ2n) is 6.78. The number of anilines is 2. The van der Waals surface area contributed by atoms with Gasteiger partial charge in [-0.2, -0.15) is 0 Å². The van der Waals surface area contributed by atoms with Crippen molar-refractivity contribution in [1.29, 1.82) is 0 Å². The average molecular weight is 396 g/mol. The molecule has 0 saturated heterocycles. The number of thiophene rings is 1. The van der Waals surface area contributed by atoms with Gasteiger partial charge in [0.15, 0.2) is 0 Å². The van der Waals surface area contributed by atoms with Crippen LogP contribution < -0.4 is 15.8 Å². The summed E-state index contributed by atoms with van der Waals surface area (Å²) >= 11 is 1.50. The summed E-state index contributed by atoms with van der Waals surface area (Å²) in [7, 11) is 0. The Bertz CT molecular complexity index is 1150. The molecule has 2 amide bonds. The average Bonchev–Trinajstić information content (AvgIpc) is 3.28. The molecule has 1 aliphatic rings. The SMILES string of the molecule is CCc1cc2c(=O)n(CC(=O)Nc3ccc4c(c3)CCN4C(C)=O)cnc2s1. The lowest BCUT2D eigenvalue weighted by Gasteiger charge is -2.15. The number of nitrogens with zero attached hydrogens (tertiary/aromatic N) is 3. The molecule has 1 N–H and O–H groups in total. The molecular weight excluding hydrogens is 376 g/mol. The largest absolute Gasteiger partial charge is 0.325 e. The van der Waals surface area contributed by atoms with Crippen molar-refractivity contribution in [2.75, 3.05) is 16.8 Å².